The van der Waals surface area contributed by atoms with E-state index in [0.717, 1.165) is 28.3 Å². The number of hydrogen-bond donors (Lipinski definition) is 1. The number of ether oxygens (including phenoxy) is 1. The van der Waals surface area contributed by atoms with Gasteiger partial charge in [-0.05, 0) is 55.2 Å². The van der Waals surface area contributed by atoms with E-state index in [2.05, 4.69) is 6.92 Å². The summed E-state index contributed by atoms with van der Waals surface area (Å²) in [5.41, 5.74) is 7.94. The molecule has 2 rings (SSSR count). The van der Waals surface area contributed by atoms with E-state index in [9.17, 15) is 0 Å². The van der Waals surface area contributed by atoms with Gasteiger partial charge in [-0.25, -0.2) is 0 Å². The first kappa shape index (κ1) is 16.2. The second kappa shape index (κ2) is 7.17. The Bertz CT molecular complexity index is 626. The molecule has 0 aliphatic carbocycles. The van der Waals surface area contributed by atoms with E-state index in [4.69, 9.17) is 33.7 Å². The molecule has 1 atom stereocenters. The molecule has 21 heavy (non-hydrogen) atoms. The molecule has 0 heterocycles. The Morgan fingerprint density at radius 2 is 1.86 bits per heavy atom. The lowest BCUT2D eigenvalue weighted by atomic mass is 10.1. The third kappa shape index (κ3) is 4.13. The number of hydrogen-bond acceptors (Lipinski definition) is 2. The first-order valence-electron chi connectivity index (χ1n) is 7.00. The van der Waals surface area contributed by atoms with Crippen molar-refractivity contribution in [3.63, 3.8) is 0 Å². The predicted molar refractivity (Wildman–Crippen MR) is 89.7 cm³/mol. The van der Waals surface area contributed by atoms with E-state index in [1.165, 1.54) is 0 Å². The second-order valence-electron chi connectivity index (χ2n) is 5.12. The number of aryl methyl sites for hydroxylation is 1. The molecule has 0 fully saturated rings. The minimum atomic E-state index is 0.0437. The van der Waals surface area contributed by atoms with Crippen LogP contribution in [-0.4, -0.2) is 6.04 Å². The lowest BCUT2D eigenvalue weighted by molar-refractivity contribution is 0.473. The van der Waals surface area contributed by atoms with Crippen molar-refractivity contribution >= 4 is 23.2 Å². The van der Waals surface area contributed by atoms with Gasteiger partial charge in [0.15, 0.2) is 0 Å². The van der Waals surface area contributed by atoms with Crippen molar-refractivity contribution in [2.24, 2.45) is 5.73 Å². The SMILES string of the molecule is CCc1cc(Oc2c(Cl)cccc2CC(C)N)ccc1Cl. The molecule has 0 radical (unpaired) electrons. The molecule has 0 aliphatic rings. The smallest absolute Gasteiger partial charge is 0.149 e. The van der Waals surface area contributed by atoms with Crippen LogP contribution in [0.25, 0.3) is 0 Å². The highest BCUT2D eigenvalue weighted by Gasteiger charge is 2.12. The van der Waals surface area contributed by atoms with Gasteiger partial charge in [0.05, 0.1) is 5.02 Å². The van der Waals surface area contributed by atoms with Crippen molar-refractivity contribution in [2.45, 2.75) is 32.7 Å². The van der Waals surface area contributed by atoms with Crippen molar-refractivity contribution in [3.05, 3.63) is 57.6 Å². The summed E-state index contributed by atoms with van der Waals surface area (Å²) in [5.74, 6) is 1.40. The minimum Gasteiger partial charge on any atom is -0.456 e. The summed E-state index contributed by atoms with van der Waals surface area (Å²) in [4.78, 5) is 0. The molecule has 0 amide bonds. The van der Waals surface area contributed by atoms with Gasteiger partial charge in [0.2, 0.25) is 0 Å². The summed E-state index contributed by atoms with van der Waals surface area (Å²) in [6.45, 7) is 4.02. The van der Waals surface area contributed by atoms with Crippen LogP contribution in [0.4, 0.5) is 0 Å². The Morgan fingerprint density at radius 3 is 2.52 bits per heavy atom. The third-order valence-corrected chi connectivity index (χ3v) is 3.87. The number of para-hydroxylation sites is 1. The van der Waals surface area contributed by atoms with E-state index in [0.29, 0.717) is 17.2 Å². The van der Waals surface area contributed by atoms with Crippen LogP contribution in [0.1, 0.15) is 25.0 Å². The zero-order valence-electron chi connectivity index (χ0n) is 12.2. The number of halogens is 2. The molecule has 2 nitrogen and oxygen atoms in total. The molecule has 0 saturated carbocycles. The molecule has 0 aromatic heterocycles. The molecule has 0 bridgehead atoms. The van der Waals surface area contributed by atoms with Crippen LogP contribution >= 0.6 is 23.2 Å². The van der Waals surface area contributed by atoms with Gasteiger partial charge in [-0.1, -0.05) is 42.3 Å². The van der Waals surface area contributed by atoms with Crippen LogP contribution in [0.15, 0.2) is 36.4 Å². The summed E-state index contributed by atoms with van der Waals surface area (Å²) in [7, 11) is 0. The van der Waals surface area contributed by atoms with Crippen molar-refractivity contribution in [2.75, 3.05) is 0 Å². The summed E-state index contributed by atoms with van der Waals surface area (Å²) in [5, 5.41) is 1.33. The van der Waals surface area contributed by atoms with E-state index >= 15 is 0 Å². The normalized spacial score (nSPS) is 12.2. The van der Waals surface area contributed by atoms with E-state index in [1.54, 1.807) is 0 Å². The van der Waals surface area contributed by atoms with Crippen LogP contribution in [0.5, 0.6) is 11.5 Å². The quantitative estimate of drug-likeness (QED) is 0.816. The number of rotatable bonds is 5. The topological polar surface area (TPSA) is 35.2 Å². The van der Waals surface area contributed by atoms with Gasteiger partial charge < -0.3 is 10.5 Å². The molecule has 2 aromatic carbocycles. The van der Waals surface area contributed by atoms with E-state index in [-0.39, 0.29) is 6.04 Å². The van der Waals surface area contributed by atoms with Crippen LogP contribution in [0, 0.1) is 0 Å². The van der Waals surface area contributed by atoms with Crippen molar-refractivity contribution < 1.29 is 4.74 Å². The second-order valence-corrected chi connectivity index (χ2v) is 5.93. The molecule has 2 aromatic rings. The van der Waals surface area contributed by atoms with E-state index < -0.39 is 0 Å². The maximum atomic E-state index is 6.28. The summed E-state index contributed by atoms with van der Waals surface area (Å²) < 4.78 is 5.99. The van der Waals surface area contributed by atoms with Gasteiger partial charge in [-0.15, -0.1) is 0 Å². The average molecular weight is 324 g/mol. The molecular formula is C17H19Cl2NO. The maximum Gasteiger partial charge on any atom is 0.149 e. The third-order valence-electron chi connectivity index (χ3n) is 3.21. The standard InChI is InChI=1S/C17H19Cl2NO/c1-3-12-10-14(7-8-15(12)18)21-17-13(9-11(2)20)5-4-6-16(17)19/h4-8,10-11H,3,9,20H2,1-2H3. The summed E-state index contributed by atoms with van der Waals surface area (Å²) >= 11 is 12.4. The fourth-order valence-corrected chi connectivity index (χ4v) is 2.66. The van der Waals surface area contributed by atoms with Crippen molar-refractivity contribution in [1.29, 1.82) is 0 Å². The first-order chi connectivity index (χ1) is 10.0. The Hall–Kier alpha value is -1.22. The maximum absolute atomic E-state index is 6.28. The average Bonchev–Trinajstić information content (AvgIpc) is 2.44. The van der Waals surface area contributed by atoms with Gasteiger partial charge in [0.1, 0.15) is 11.5 Å². The Morgan fingerprint density at radius 1 is 1.10 bits per heavy atom. The highest BCUT2D eigenvalue weighted by molar-refractivity contribution is 6.32. The molecule has 0 spiro atoms. The van der Waals surface area contributed by atoms with Gasteiger partial charge in [0, 0.05) is 11.1 Å². The molecule has 1 unspecified atom stereocenters. The fourth-order valence-electron chi connectivity index (χ4n) is 2.18. The van der Waals surface area contributed by atoms with Gasteiger partial charge in [-0.2, -0.15) is 0 Å². The molecule has 4 heteroatoms. The molecular weight excluding hydrogens is 305 g/mol. The predicted octanol–water partition coefficient (Wildman–Crippen LogP) is 5.24. The molecule has 112 valence electrons. The molecule has 2 N–H and O–H groups in total. The zero-order chi connectivity index (χ0) is 15.4. The van der Waals surface area contributed by atoms with Crippen LogP contribution in [-0.2, 0) is 12.8 Å². The minimum absolute atomic E-state index is 0.0437. The van der Waals surface area contributed by atoms with Gasteiger partial charge in [-0.3, -0.25) is 0 Å². The Kier molecular flexibility index (Phi) is 5.51. The van der Waals surface area contributed by atoms with Crippen LogP contribution in [0.2, 0.25) is 10.0 Å². The Labute approximate surface area is 135 Å². The monoisotopic (exact) mass is 323 g/mol. The van der Waals surface area contributed by atoms with Gasteiger partial charge >= 0.3 is 0 Å². The Balaban J connectivity index is 2.34. The highest BCUT2D eigenvalue weighted by atomic mass is 35.5. The lowest BCUT2D eigenvalue weighted by Crippen LogP contribution is -2.18. The van der Waals surface area contributed by atoms with Crippen molar-refractivity contribution in [3.8, 4) is 11.5 Å². The largest absolute Gasteiger partial charge is 0.456 e. The number of nitrogens with two attached hydrogens (primary N) is 1. The fraction of sp³-hybridized carbons (Fsp3) is 0.294. The number of benzene rings is 2. The lowest BCUT2D eigenvalue weighted by Gasteiger charge is -2.15. The summed E-state index contributed by atoms with van der Waals surface area (Å²) in [6.07, 6.45) is 1.56. The molecule has 0 saturated heterocycles. The first-order valence-corrected chi connectivity index (χ1v) is 7.76. The molecule has 0 aliphatic heterocycles. The van der Waals surface area contributed by atoms with Gasteiger partial charge in [0.25, 0.3) is 0 Å². The summed E-state index contributed by atoms with van der Waals surface area (Å²) in [6, 6.07) is 11.4. The van der Waals surface area contributed by atoms with Crippen LogP contribution < -0.4 is 10.5 Å². The van der Waals surface area contributed by atoms with Crippen molar-refractivity contribution in [1.82, 2.24) is 0 Å². The zero-order valence-corrected chi connectivity index (χ0v) is 13.7. The van der Waals surface area contributed by atoms with E-state index in [1.807, 2.05) is 43.3 Å². The van der Waals surface area contributed by atoms with Crippen LogP contribution in [0.3, 0.4) is 0 Å². The highest BCUT2D eigenvalue weighted by Crippen LogP contribution is 2.34.